The van der Waals surface area contributed by atoms with Crippen molar-refractivity contribution in [2.45, 2.75) is 25.9 Å². The van der Waals surface area contributed by atoms with Crippen LogP contribution in [0.2, 0.25) is 0 Å². The lowest BCUT2D eigenvalue weighted by atomic mass is 10.2. The van der Waals surface area contributed by atoms with Crippen LogP contribution in [-0.4, -0.2) is 111 Å². The Balaban J connectivity index is 1.60. The van der Waals surface area contributed by atoms with E-state index in [1.165, 1.54) is 52.4 Å². The van der Waals surface area contributed by atoms with Gasteiger partial charge in [-0.15, -0.1) is 0 Å². The molecule has 5 nitrogen and oxygen atoms in total. The zero-order valence-corrected chi connectivity index (χ0v) is 14.4. The molecule has 0 bridgehead atoms. The maximum atomic E-state index is 6.01. The summed E-state index contributed by atoms with van der Waals surface area (Å²) in [5, 5.41) is 0. The fraction of sp³-hybridized carbons (Fsp3) is 1.00. The molecule has 21 heavy (non-hydrogen) atoms. The molecule has 0 aromatic rings. The monoisotopic (exact) mass is 298 g/mol. The molecule has 0 N–H and O–H groups in total. The summed E-state index contributed by atoms with van der Waals surface area (Å²) in [7, 11) is 4.41. The third-order valence-electron chi connectivity index (χ3n) is 5.04. The fourth-order valence-corrected chi connectivity index (χ4v) is 3.15. The van der Waals surface area contributed by atoms with Crippen LogP contribution in [0.3, 0.4) is 0 Å². The van der Waals surface area contributed by atoms with E-state index in [-0.39, 0.29) is 0 Å². The van der Waals surface area contributed by atoms with Crippen LogP contribution in [0.5, 0.6) is 0 Å². The molecule has 2 saturated heterocycles. The summed E-state index contributed by atoms with van der Waals surface area (Å²) in [6, 6.07) is 1.08. The third-order valence-corrected chi connectivity index (χ3v) is 5.04. The molecule has 2 aliphatic heterocycles. The van der Waals surface area contributed by atoms with Crippen LogP contribution in [0.4, 0.5) is 0 Å². The number of likely N-dealkylation sites (N-methyl/N-ethyl adjacent to an activating group) is 2. The molecule has 2 rings (SSSR count). The van der Waals surface area contributed by atoms with Gasteiger partial charge in [0.25, 0.3) is 0 Å². The molecule has 0 amide bonds. The zero-order valence-electron chi connectivity index (χ0n) is 14.4. The normalized spacial score (nSPS) is 26.9. The van der Waals surface area contributed by atoms with Gasteiger partial charge in [0.15, 0.2) is 0 Å². The van der Waals surface area contributed by atoms with Gasteiger partial charge in [0, 0.05) is 64.4 Å². The molecule has 0 aliphatic carbocycles. The van der Waals surface area contributed by atoms with Crippen molar-refractivity contribution in [3.8, 4) is 0 Å². The van der Waals surface area contributed by atoms with Gasteiger partial charge in [-0.2, -0.15) is 0 Å². The van der Waals surface area contributed by atoms with Gasteiger partial charge >= 0.3 is 0 Å². The Morgan fingerprint density at radius 2 is 1.00 bits per heavy atom. The van der Waals surface area contributed by atoms with Crippen molar-refractivity contribution in [3.05, 3.63) is 0 Å². The number of hydrogen-bond acceptors (Lipinski definition) is 5. The van der Waals surface area contributed by atoms with Gasteiger partial charge in [0.2, 0.25) is 0 Å². The third kappa shape index (κ3) is 5.49. The topological polar surface area (TPSA) is 22.2 Å². The van der Waals surface area contributed by atoms with Crippen LogP contribution >= 0.6 is 0 Å². The number of hydrogen-bond donors (Lipinski definition) is 0. The molecule has 124 valence electrons. The smallest absolute Gasteiger partial charge is 0.0619 e. The minimum Gasteiger partial charge on any atom is -0.378 e. The van der Waals surface area contributed by atoms with Gasteiger partial charge in [0.1, 0.15) is 0 Å². The van der Waals surface area contributed by atoms with Gasteiger partial charge in [-0.1, -0.05) is 0 Å². The minimum absolute atomic E-state index is 0.540. The first-order valence-electron chi connectivity index (χ1n) is 8.49. The van der Waals surface area contributed by atoms with Crippen LogP contribution in [0.25, 0.3) is 0 Å². The molecule has 0 saturated carbocycles. The zero-order chi connectivity index (χ0) is 15.2. The summed E-state index contributed by atoms with van der Waals surface area (Å²) in [6.45, 7) is 15.8. The van der Waals surface area contributed by atoms with Crippen molar-refractivity contribution in [1.29, 1.82) is 0 Å². The van der Waals surface area contributed by atoms with Crippen molar-refractivity contribution in [2.24, 2.45) is 0 Å². The highest BCUT2D eigenvalue weighted by atomic mass is 16.5. The Kier molecular flexibility index (Phi) is 6.89. The largest absolute Gasteiger partial charge is 0.378 e. The Hall–Kier alpha value is -0.200. The lowest BCUT2D eigenvalue weighted by Crippen LogP contribution is -2.50. The Bertz CT molecular complexity index is 258. The van der Waals surface area contributed by atoms with Crippen LogP contribution in [0.15, 0.2) is 0 Å². The average molecular weight is 298 g/mol. The maximum Gasteiger partial charge on any atom is 0.0619 e. The second-order valence-electron chi connectivity index (χ2n) is 6.91. The Morgan fingerprint density at radius 3 is 1.33 bits per heavy atom. The molecule has 2 fully saturated rings. The van der Waals surface area contributed by atoms with Crippen LogP contribution in [-0.2, 0) is 4.74 Å². The van der Waals surface area contributed by atoms with Crippen LogP contribution < -0.4 is 0 Å². The predicted molar refractivity (Wildman–Crippen MR) is 87.9 cm³/mol. The van der Waals surface area contributed by atoms with E-state index < -0.39 is 0 Å². The maximum absolute atomic E-state index is 6.01. The summed E-state index contributed by atoms with van der Waals surface area (Å²) in [4.78, 5) is 9.92. The first-order chi connectivity index (χ1) is 10.1. The summed E-state index contributed by atoms with van der Waals surface area (Å²) >= 11 is 0. The van der Waals surface area contributed by atoms with E-state index in [2.05, 4.69) is 47.5 Å². The van der Waals surface area contributed by atoms with Crippen molar-refractivity contribution in [1.82, 2.24) is 19.6 Å². The second kappa shape index (κ2) is 8.44. The van der Waals surface area contributed by atoms with Gasteiger partial charge < -0.3 is 14.5 Å². The summed E-state index contributed by atoms with van der Waals surface area (Å²) in [5.74, 6) is 0. The molecule has 2 heterocycles. The van der Waals surface area contributed by atoms with Crippen molar-refractivity contribution in [3.63, 3.8) is 0 Å². The molecule has 2 unspecified atom stereocenters. The molecular formula is C16H34N4O. The summed E-state index contributed by atoms with van der Waals surface area (Å²) < 4.78 is 6.01. The van der Waals surface area contributed by atoms with Crippen LogP contribution in [0.1, 0.15) is 13.8 Å². The van der Waals surface area contributed by atoms with E-state index >= 15 is 0 Å². The Labute approximate surface area is 130 Å². The molecule has 2 aliphatic rings. The van der Waals surface area contributed by atoms with E-state index in [0.29, 0.717) is 12.1 Å². The lowest BCUT2D eigenvalue weighted by Gasteiger charge is -2.38. The number of ether oxygens (including phenoxy) is 1. The number of nitrogens with zero attached hydrogens (tertiary/aromatic N) is 4. The molecule has 0 aromatic heterocycles. The van der Waals surface area contributed by atoms with Crippen LogP contribution in [0, 0.1) is 0 Å². The van der Waals surface area contributed by atoms with E-state index in [0.717, 1.165) is 13.2 Å². The van der Waals surface area contributed by atoms with Gasteiger partial charge in [-0.05, 0) is 27.9 Å². The highest BCUT2D eigenvalue weighted by molar-refractivity contribution is 4.76. The fourth-order valence-electron chi connectivity index (χ4n) is 3.15. The summed E-state index contributed by atoms with van der Waals surface area (Å²) in [6.07, 6.45) is 0. The first kappa shape index (κ1) is 17.2. The summed E-state index contributed by atoms with van der Waals surface area (Å²) in [5.41, 5.74) is 0. The predicted octanol–water partition coefficient (Wildman–Crippen LogP) is 0.275. The van der Waals surface area contributed by atoms with Gasteiger partial charge in [-0.3, -0.25) is 9.80 Å². The van der Waals surface area contributed by atoms with Crippen molar-refractivity contribution < 1.29 is 4.74 Å². The average Bonchev–Trinajstić information content (AvgIpc) is 2.48. The molecule has 0 radical (unpaired) electrons. The van der Waals surface area contributed by atoms with E-state index in [1.54, 1.807) is 0 Å². The highest BCUT2D eigenvalue weighted by Gasteiger charge is 2.21. The minimum atomic E-state index is 0.540. The van der Waals surface area contributed by atoms with E-state index in [9.17, 15) is 0 Å². The molecule has 2 atom stereocenters. The lowest BCUT2D eigenvalue weighted by molar-refractivity contribution is 0.0100. The highest BCUT2D eigenvalue weighted by Crippen LogP contribution is 2.08. The van der Waals surface area contributed by atoms with E-state index in [1.807, 2.05) is 0 Å². The molecule has 5 heteroatoms. The first-order valence-corrected chi connectivity index (χ1v) is 8.49. The van der Waals surface area contributed by atoms with E-state index in [4.69, 9.17) is 4.74 Å². The molecule has 0 aromatic carbocycles. The number of piperazine rings is 2. The molecular weight excluding hydrogens is 264 g/mol. The standard InChI is InChI=1S/C16H34N4O/c1-15(19-9-5-17(3)6-10-19)13-21-14-16(2)20-11-7-18(4)8-12-20/h15-16H,5-14H2,1-4H3. The van der Waals surface area contributed by atoms with Crippen molar-refractivity contribution >= 4 is 0 Å². The Morgan fingerprint density at radius 1 is 0.667 bits per heavy atom. The SMILES string of the molecule is CC(COCC(C)N1CCN(C)CC1)N1CCN(C)CC1. The van der Waals surface area contributed by atoms with Gasteiger partial charge in [0.05, 0.1) is 13.2 Å². The second-order valence-corrected chi connectivity index (χ2v) is 6.91. The molecule has 0 spiro atoms. The van der Waals surface area contributed by atoms with Gasteiger partial charge in [-0.25, -0.2) is 0 Å². The quantitative estimate of drug-likeness (QED) is 0.700. The van der Waals surface area contributed by atoms with Crippen molar-refractivity contribution in [2.75, 3.05) is 79.7 Å². The number of rotatable bonds is 6.